The van der Waals surface area contributed by atoms with Gasteiger partial charge in [0.25, 0.3) is 0 Å². The number of rotatable bonds is 5. The predicted molar refractivity (Wildman–Crippen MR) is 75.6 cm³/mol. The Morgan fingerprint density at radius 1 is 1.41 bits per heavy atom. The molecule has 0 aliphatic carbocycles. The summed E-state index contributed by atoms with van der Waals surface area (Å²) in [5, 5.41) is 4.16. The molecule has 0 amide bonds. The molecular weight excluding hydrogens is 298 g/mol. The van der Waals surface area contributed by atoms with E-state index in [1.807, 2.05) is 12.1 Å². The van der Waals surface area contributed by atoms with Gasteiger partial charge < -0.3 is 5.32 Å². The Labute approximate surface area is 114 Å². The maximum atomic E-state index is 4.45. The molecule has 1 heterocycles. The summed E-state index contributed by atoms with van der Waals surface area (Å²) in [4.78, 5) is 4.45. The Morgan fingerprint density at radius 2 is 2.29 bits per heavy atom. The Kier molecular flexibility index (Phi) is 4.50. The molecular formula is C12H14BrN3S. The second kappa shape index (κ2) is 6.12. The molecule has 0 fully saturated rings. The second-order valence-corrected chi connectivity index (χ2v) is 5.42. The van der Waals surface area contributed by atoms with E-state index >= 15 is 0 Å². The van der Waals surface area contributed by atoms with Crippen LogP contribution in [0.25, 0.3) is 0 Å². The van der Waals surface area contributed by atoms with Crippen LogP contribution in [0.4, 0.5) is 5.13 Å². The summed E-state index contributed by atoms with van der Waals surface area (Å²) in [7, 11) is 0. The topological polar surface area (TPSA) is 37.8 Å². The fourth-order valence-corrected chi connectivity index (χ4v) is 2.52. The van der Waals surface area contributed by atoms with E-state index in [0.29, 0.717) is 0 Å². The van der Waals surface area contributed by atoms with Crippen molar-refractivity contribution >= 4 is 32.6 Å². The van der Waals surface area contributed by atoms with Crippen molar-refractivity contribution in [1.29, 1.82) is 0 Å². The van der Waals surface area contributed by atoms with Crippen molar-refractivity contribution < 1.29 is 0 Å². The Hall–Kier alpha value is -0.940. The average molecular weight is 312 g/mol. The zero-order valence-electron chi connectivity index (χ0n) is 9.61. The lowest BCUT2D eigenvalue weighted by Gasteiger charge is -1.98. The number of halogens is 1. The largest absolute Gasteiger partial charge is 0.360 e. The average Bonchev–Trinajstić information content (AvgIpc) is 2.74. The standard InChI is InChI=1S/C12H14BrN3S/c1-2-6-14-12-15-11(16-17-12)8-9-4-3-5-10(13)7-9/h3-5,7H,2,6,8H2,1H3,(H,14,15,16). The second-order valence-electron chi connectivity index (χ2n) is 3.75. The lowest BCUT2D eigenvalue weighted by atomic mass is 10.1. The van der Waals surface area contributed by atoms with Crippen molar-refractivity contribution in [2.24, 2.45) is 0 Å². The van der Waals surface area contributed by atoms with Gasteiger partial charge in [0.05, 0.1) is 0 Å². The molecule has 90 valence electrons. The number of anilines is 1. The number of nitrogens with zero attached hydrogens (tertiary/aromatic N) is 2. The van der Waals surface area contributed by atoms with Gasteiger partial charge in [-0.05, 0) is 24.1 Å². The van der Waals surface area contributed by atoms with Gasteiger partial charge in [0.2, 0.25) is 5.13 Å². The minimum Gasteiger partial charge on any atom is -0.360 e. The molecule has 1 aromatic carbocycles. The lowest BCUT2D eigenvalue weighted by molar-refractivity contribution is 0.966. The molecule has 1 N–H and O–H groups in total. The SMILES string of the molecule is CCCNc1nc(Cc2cccc(Br)c2)ns1. The third-order valence-corrected chi connectivity index (χ3v) is 3.45. The maximum Gasteiger partial charge on any atom is 0.202 e. The zero-order chi connectivity index (χ0) is 12.1. The van der Waals surface area contributed by atoms with Crippen LogP contribution in [0.3, 0.4) is 0 Å². The molecule has 3 nitrogen and oxygen atoms in total. The van der Waals surface area contributed by atoms with E-state index in [1.165, 1.54) is 17.1 Å². The monoisotopic (exact) mass is 311 g/mol. The van der Waals surface area contributed by atoms with Crippen LogP contribution in [0.5, 0.6) is 0 Å². The molecule has 1 aromatic heterocycles. The molecule has 17 heavy (non-hydrogen) atoms. The highest BCUT2D eigenvalue weighted by Gasteiger charge is 2.04. The van der Waals surface area contributed by atoms with Crippen molar-refractivity contribution in [2.45, 2.75) is 19.8 Å². The number of hydrogen-bond acceptors (Lipinski definition) is 4. The minimum absolute atomic E-state index is 0.781. The molecule has 0 spiro atoms. The molecule has 0 aliphatic heterocycles. The van der Waals surface area contributed by atoms with Crippen molar-refractivity contribution in [2.75, 3.05) is 11.9 Å². The first kappa shape index (κ1) is 12.5. The summed E-state index contributed by atoms with van der Waals surface area (Å²) in [5.41, 5.74) is 1.22. The van der Waals surface area contributed by atoms with Gasteiger partial charge in [-0.1, -0.05) is 35.0 Å². The van der Waals surface area contributed by atoms with Gasteiger partial charge in [0.15, 0.2) is 0 Å². The summed E-state index contributed by atoms with van der Waals surface area (Å²) >= 11 is 4.89. The van der Waals surface area contributed by atoms with Crippen molar-refractivity contribution in [3.05, 3.63) is 40.1 Å². The number of nitrogens with one attached hydrogen (secondary N) is 1. The van der Waals surface area contributed by atoms with Crippen molar-refractivity contribution in [3.63, 3.8) is 0 Å². The molecule has 2 aromatic rings. The summed E-state index contributed by atoms with van der Waals surface area (Å²) in [5.74, 6) is 0.881. The van der Waals surface area contributed by atoms with E-state index in [-0.39, 0.29) is 0 Å². The summed E-state index contributed by atoms with van der Waals surface area (Å²) in [6.45, 7) is 3.09. The molecule has 0 saturated carbocycles. The van der Waals surface area contributed by atoms with Crippen LogP contribution in [-0.4, -0.2) is 15.9 Å². The Balaban J connectivity index is 2.01. The lowest BCUT2D eigenvalue weighted by Crippen LogP contribution is -1.99. The molecule has 0 atom stereocenters. The third kappa shape index (κ3) is 3.78. The molecule has 0 aliphatic rings. The van der Waals surface area contributed by atoms with Crippen LogP contribution in [0.2, 0.25) is 0 Å². The molecule has 2 rings (SSSR count). The molecule has 0 bridgehead atoms. The van der Waals surface area contributed by atoms with E-state index < -0.39 is 0 Å². The maximum absolute atomic E-state index is 4.45. The highest BCUT2D eigenvalue weighted by molar-refractivity contribution is 9.10. The molecule has 0 unspecified atom stereocenters. The van der Waals surface area contributed by atoms with Crippen molar-refractivity contribution in [1.82, 2.24) is 9.36 Å². The van der Waals surface area contributed by atoms with Crippen molar-refractivity contribution in [3.8, 4) is 0 Å². The predicted octanol–water partition coefficient (Wildman–Crippen LogP) is 3.71. The minimum atomic E-state index is 0.781. The number of hydrogen-bond donors (Lipinski definition) is 1. The molecule has 0 radical (unpaired) electrons. The molecule has 0 saturated heterocycles. The van der Waals surface area contributed by atoms with Gasteiger partial charge >= 0.3 is 0 Å². The fourth-order valence-electron chi connectivity index (χ4n) is 1.46. The molecule has 5 heteroatoms. The van der Waals surface area contributed by atoms with Gasteiger partial charge in [-0.2, -0.15) is 4.37 Å². The van der Waals surface area contributed by atoms with Gasteiger partial charge in [-0.15, -0.1) is 0 Å². The summed E-state index contributed by atoms with van der Waals surface area (Å²) in [6.07, 6.45) is 1.88. The van der Waals surface area contributed by atoms with Crippen LogP contribution in [0.1, 0.15) is 24.7 Å². The quantitative estimate of drug-likeness (QED) is 0.914. The first-order valence-electron chi connectivity index (χ1n) is 5.59. The van der Waals surface area contributed by atoms with E-state index in [9.17, 15) is 0 Å². The zero-order valence-corrected chi connectivity index (χ0v) is 12.0. The van der Waals surface area contributed by atoms with Gasteiger partial charge in [0.1, 0.15) is 5.82 Å². The number of aromatic nitrogens is 2. The normalized spacial score (nSPS) is 10.5. The Morgan fingerprint density at radius 3 is 3.06 bits per heavy atom. The van der Waals surface area contributed by atoms with Crippen LogP contribution in [-0.2, 0) is 6.42 Å². The number of benzene rings is 1. The fraction of sp³-hybridized carbons (Fsp3) is 0.333. The smallest absolute Gasteiger partial charge is 0.202 e. The van der Waals surface area contributed by atoms with Crippen LogP contribution >= 0.6 is 27.5 Å². The van der Waals surface area contributed by atoms with Gasteiger partial charge in [0, 0.05) is 29.0 Å². The van der Waals surface area contributed by atoms with E-state index in [0.717, 1.165) is 34.8 Å². The highest BCUT2D eigenvalue weighted by Crippen LogP contribution is 2.17. The van der Waals surface area contributed by atoms with E-state index in [2.05, 4.69) is 49.7 Å². The third-order valence-electron chi connectivity index (χ3n) is 2.25. The summed E-state index contributed by atoms with van der Waals surface area (Å²) < 4.78 is 5.44. The highest BCUT2D eigenvalue weighted by atomic mass is 79.9. The van der Waals surface area contributed by atoms with Gasteiger partial charge in [-0.25, -0.2) is 4.98 Å². The first-order chi connectivity index (χ1) is 8.28. The van der Waals surface area contributed by atoms with E-state index in [4.69, 9.17) is 0 Å². The van der Waals surface area contributed by atoms with Crippen LogP contribution < -0.4 is 5.32 Å². The Bertz CT molecular complexity index is 484. The van der Waals surface area contributed by atoms with Crippen LogP contribution in [0, 0.1) is 0 Å². The van der Waals surface area contributed by atoms with Crippen LogP contribution in [0.15, 0.2) is 28.7 Å². The summed E-state index contributed by atoms with van der Waals surface area (Å²) in [6, 6.07) is 8.24. The van der Waals surface area contributed by atoms with E-state index in [1.54, 1.807) is 0 Å². The van der Waals surface area contributed by atoms with Gasteiger partial charge in [-0.3, -0.25) is 0 Å². The first-order valence-corrected chi connectivity index (χ1v) is 7.15.